The van der Waals surface area contributed by atoms with Crippen LogP contribution in [0.5, 0.6) is 0 Å². The number of aromatic nitrogens is 2. The quantitative estimate of drug-likeness (QED) is 0.331. The molecule has 1 aromatic heterocycles. The summed E-state index contributed by atoms with van der Waals surface area (Å²) in [5, 5.41) is 12.9. The monoisotopic (exact) mass is 553 g/mol. The number of likely N-dealkylation sites (tertiary alicyclic amines) is 1. The number of hydrogen-bond acceptors (Lipinski definition) is 4. The zero-order valence-electron chi connectivity index (χ0n) is 21.1. The van der Waals surface area contributed by atoms with Crippen LogP contribution in [0.4, 0.5) is 26.3 Å². The molecule has 1 fully saturated rings. The van der Waals surface area contributed by atoms with Gasteiger partial charge in [0, 0.05) is 11.8 Å². The Morgan fingerprint density at radius 1 is 0.949 bits per heavy atom. The van der Waals surface area contributed by atoms with E-state index in [1.54, 1.807) is 0 Å². The van der Waals surface area contributed by atoms with Crippen molar-refractivity contribution < 1.29 is 36.2 Å². The van der Waals surface area contributed by atoms with Crippen molar-refractivity contribution in [1.82, 2.24) is 14.9 Å². The van der Waals surface area contributed by atoms with Crippen LogP contribution in [0.2, 0.25) is 0 Å². The van der Waals surface area contributed by atoms with E-state index < -0.39 is 29.4 Å². The first-order chi connectivity index (χ1) is 18.4. The van der Waals surface area contributed by atoms with E-state index in [9.17, 15) is 36.2 Å². The van der Waals surface area contributed by atoms with E-state index in [1.807, 2.05) is 30.3 Å². The lowest BCUT2D eigenvalue weighted by Crippen LogP contribution is -2.30. The maximum Gasteiger partial charge on any atom is 0.416 e. The molecule has 1 aliphatic heterocycles. The van der Waals surface area contributed by atoms with Crippen LogP contribution in [0, 0.1) is 0 Å². The van der Waals surface area contributed by atoms with Crippen LogP contribution < -0.4 is 0 Å². The molecule has 12 heteroatoms. The number of piperidine rings is 1. The lowest BCUT2D eigenvalue weighted by Gasteiger charge is -2.25. The van der Waals surface area contributed by atoms with Crippen molar-refractivity contribution in [2.75, 3.05) is 20.1 Å². The number of carbonyl (C=O) groups is 1. The first kappa shape index (κ1) is 30.0. The molecule has 0 unspecified atom stereocenters. The average Bonchev–Trinajstić information content (AvgIpc) is 2.89. The first-order valence-electron chi connectivity index (χ1n) is 12.1. The highest BCUT2D eigenvalue weighted by Gasteiger charge is 2.36. The second-order valence-electron chi connectivity index (χ2n) is 8.94. The third-order valence-corrected chi connectivity index (χ3v) is 5.92. The molecule has 3 aromatic rings. The number of halogens is 6. The fraction of sp³-hybridized carbons (Fsp3) is 0.370. The lowest BCUT2D eigenvalue weighted by molar-refractivity contribution is -0.143. The molecule has 4 rings (SSSR count). The van der Waals surface area contributed by atoms with E-state index in [0.717, 1.165) is 18.7 Å². The normalized spacial score (nSPS) is 14.4. The molecular weight excluding hydrogens is 526 g/mol. The predicted octanol–water partition coefficient (Wildman–Crippen LogP) is 7.06. The molecule has 2 aromatic carbocycles. The summed E-state index contributed by atoms with van der Waals surface area (Å²) in [6.07, 6.45) is -4.48. The van der Waals surface area contributed by atoms with E-state index >= 15 is 0 Å². The summed E-state index contributed by atoms with van der Waals surface area (Å²) in [6, 6.07) is 10.9. The molecule has 2 heterocycles. The van der Waals surface area contributed by atoms with Gasteiger partial charge in [0.25, 0.3) is 0 Å². The number of benzene rings is 2. The SMILES string of the molecule is C[N-]Cc1cc(C(F)(F)F)cc(C(F)(F)F)c1.O=C(O)c1cnc(CN2CCCCC2)nc1-c1ccccc1. The molecular formula is C27H27F6N4O2-. The minimum atomic E-state index is -4.80. The highest BCUT2D eigenvalue weighted by Crippen LogP contribution is 2.36. The average molecular weight is 554 g/mol. The molecule has 0 amide bonds. The van der Waals surface area contributed by atoms with E-state index in [1.165, 1.54) is 32.5 Å². The van der Waals surface area contributed by atoms with Crippen LogP contribution in [-0.4, -0.2) is 46.1 Å². The van der Waals surface area contributed by atoms with Crippen LogP contribution >= 0.6 is 0 Å². The molecule has 0 saturated carbocycles. The van der Waals surface area contributed by atoms with Gasteiger partial charge in [0.2, 0.25) is 0 Å². The number of alkyl halides is 6. The van der Waals surface area contributed by atoms with Crippen LogP contribution in [-0.2, 0) is 25.4 Å². The Hall–Kier alpha value is -3.51. The van der Waals surface area contributed by atoms with Gasteiger partial charge >= 0.3 is 18.3 Å². The Bertz CT molecular complexity index is 1210. The summed E-state index contributed by atoms with van der Waals surface area (Å²) in [5.74, 6) is -0.311. The van der Waals surface area contributed by atoms with Crippen molar-refractivity contribution in [3.63, 3.8) is 0 Å². The summed E-state index contributed by atoms with van der Waals surface area (Å²) in [4.78, 5) is 22.5. The van der Waals surface area contributed by atoms with Crippen LogP contribution in [0.1, 0.15) is 52.1 Å². The van der Waals surface area contributed by atoms with Gasteiger partial charge < -0.3 is 10.4 Å². The van der Waals surface area contributed by atoms with Crippen LogP contribution in [0.3, 0.4) is 0 Å². The molecule has 0 atom stereocenters. The third kappa shape index (κ3) is 8.75. The number of aromatic carboxylic acids is 1. The van der Waals surface area contributed by atoms with Crippen LogP contribution in [0.15, 0.2) is 54.7 Å². The number of hydrogen-bond donors (Lipinski definition) is 1. The second-order valence-corrected chi connectivity index (χ2v) is 8.94. The van der Waals surface area contributed by atoms with Gasteiger partial charge in [0.05, 0.1) is 23.4 Å². The number of nitrogens with zero attached hydrogens (tertiary/aromatic N) is 4. The van der Waals surface area contributed by atoms with Crippen molar-refractivity contribution in [3.8, 4) is 11.3 Å². The molecule has 0 bridgehead atoms. The Morgan fingerprint density at radius 2 is 1.54 bits per heavy atom. The van der Waals surface area contributed by atoms with Gasteiger partial charge in [-0.1, -0.05) is 42.3 Å². The van der Waals surface area contributed by atoms with E-state index in [-0.39, 0.29) is 23.7 Å². The van der Waals surface area contributed by atoms with Gasteiger partial charge in [0.1, 0.15) is 11.4 Å². The highest BCUT2D eigenvalue weighted by atomic mass is 19.4. The van der Waals surface area contributed by atoms with Crippen molar-refractivity contribution >= 4 is 5.97 Å². The molecule has 6 nitrogen and oxygen atoms in total. The molecule has 0 aliphatic carbocycles. The fourth-order valence-electron chi connectivity index (χ4n) is 4.08. The summed E-state index contributed by atoms with van der Waals surface area (Å²) in [5.41, 5.74) is -1.29. The van der Waals surface area contributed by atoms with Crippen molar-refractivity contribution in [1.29, 1.82) is 0 Å². The van der Waals surface area contributed by atoms with Crippen molar-refractivity contribution in [2.24, 2.45) is 0 Å². The van der Waals surface area contributed by atoms with Crippen LogP contribution in [0.25, 0.3) is 16.6 Å². The second kappa shape index (κ2) is 13.0. The van der Waals surface area contributed by atoms with Gasteiger partial charge in [0.15, 0.2) is 0 Å². The molecule has 39 heavy (non-hydrogen) atoms. The summed E-state index contributed by atoms with van der Waals surface area (Å²) in [6.45, 7) is 2.61. The molecule has 0 spiro atoms. The topological polar surface area (TPSA) is 80.4 Å². The standard InChI is InChI=1S/C17H19N3O2.C10H8F6N/c21-17(22)14-11-18-15(12-20-9-5-2-6-10-20)19-16(14)13-7-3-1-4-8-13;1-17-5-6-2-7(9(11,12)13)4-8(3-6)10(14,15)16/h1,3-4,7-8,11H,2,5-6,9-10,12H2,(H,21,22);2-4H,5H2,1H3/q;-1. The Kier molecular flexibility index (Phi) is 10.0. The third-order valence-electron chi connectivity index (χ3n) is 5.92. The fourth-order valence-corrected chi connectivity index (χ4v) is 4.08. The smallest absolute Gasteiger partial charge is 0.416 e. The number of carboxylic acids is 1. The molecule has 210 valence electrons. The van der Waals surface area contributed by atoms with Crippen molar-refractivity contribution in [2.45, 2.75) is 44.7 Å². The van der Waals surface area contributed by atoms with Gasteiger partial charge in [-0.3, -0.25) is 4.90 Å². The van der Waals surface area contributed by atoms with Gasteiger partial charge in [-0.15, -0.1) is 6.54 Å². The molecule has 0 radical (unpaired) electrons. The van der Waals surface area contributed by atoms with E-state index in [0.29, 0.717) is 30.2 Å². The van der Waals surface area contributed by atoms with Gasteiger partial charge in [-0.05, 0) is 44.1 Å². The van der Waals surface area contributed by atoms with Gasteiger partial charge in [-0.25, -0.2) is 14.8 Å². The first-order valence-corrected chi connectivity index (χ1v) is 12.1. The summed E-state index contributed by atoms with van der Waals surface area (Å²) < 4.78 is 74.3. The molecule has 1 aliphatic rings. The van der Waals surface area contributed by atoms with Gasteiger partial charge in [-0.2, -0.15) is 33.4 Å². The molecule has 1 saturated heterocycles. The zero-order valence-corrected chi connectivity index (χ0v) is 21.1. The van der Waals surface area contributed by atoms with Crippen molar-refractivity contribution in [3.05, 3.63) is 88.1 Å². The largest absolute Gasteiger partial charge is 0.661 e. The highest BCUT2D eigenvalue weighted by molar-refractivity contribution is 5.94. The predicted molar refractivity (Wildman–Crippen MR) is 133 cm³/mol. The zero-order chi connectivity index (χ0) is 28.6. The number of carboxylic acid groups (broad SMARTS) is 1. The Labute approximate surface area is 221 Å². The summed E-state index contributed by atoms with van der Waals surface area (Å²) in [7, 11) is 1.31. The van der Waals surface area contributed by atoms with E-state index in [4.69, 9.17) is 0 Å². The lowest BCUT2D eigenvalue weighted by atomic mass is 10.0. The Balaban J connectivity index is 0.000000224. The maximum absolute atomic E-state index is 12.4. The Morgan fingerprint density at radius 3 is 2.05 bits per heavy atom. The minimum absolute atomic E-state index is 0.0964. The summed E-state index contributed by atoms with van der Waals surface area (Å²) >= 11 is 0. The number of rotatable bonds is 6. The minimum Gasteiger partial charge on any atom is -0.661 e. The molecule has 1 N–H and O–H groups in total. The maximum atomic E-state index is 12.4. The van der Waals surface area contributed by atoms with E-state index in [2.05, 4.69) is 20.2 Å².